The molecule has 7 nitrogen and oxygen atoms in total. The summed E-state index contributed by atoms with van der Waals surface area (Å²) < 4.78 is 6.25. The predicted molar refractivity (Wildman–Crippen MR) is 99.1 cm³/mol. The maximum Gasteiger partial charge on any atom is 0.264 e. The zero-order valence-corrected chi connectivity index (χ0v) is 15.6. The zero-order chi connectivity index (χ0) is 18.6. The number of nitrogens with zero attached hydrogens (tertiary/aromatic N) is 2. The number of carbonyl (C=O) groups is 1. The molecule has 0 aromatic carbocycles. The van der Waals surface area contributed by atoms with Crippen LogP contribution in [0.25, 0.3) is 0 Å². The lowest BCUT2D eigenvalue weighted by Crippen LogP contribution is -2.58. The Labute approximate surface area is 153 Å². The van der Waals surface area contributed by atoms with Crippen LogP contribution in [-0.2, 0) is 11.2 Å². The average Bonchev–Trinajstić information content (AvgIpc) is 3.02. The second kappa shape index (κ2) is 7.86. The topological polar surface area (TPSA) is 91.9 Å². The standard InChI is InChI=1S/C19H27N5O2/c1-13(11-16-12-14(2)23-24-16)22-18(25)19(6-9-20-10-7-19)26-17-5-4-8-21-15(17)3/h4-5,8,12-13,20H,6-7,9-11H2,1-3H3,(H,22,25)(H,23,24)/t13-/m1/s1. The first-order valence-corrected chi connectivity index (χ1v) is 9.12. The number of piperidine rings is 1. The predicted octanol–water partition coefficient (Wildman–Crippen LogP) is 1.67. The van der Waals surface area contributed by atoms with Crippen molar-refractivity contribution < 1.29 is 9.53 Å². The summed E-state index contributed by atoms with van der Waals surface area (Å²) in [6.07, 6.45) is 3.66. The minimum Gasteiger partial charge on any atom is -0.475 e. The Bertz CT molecular complexity index is 752. The summed E-state index contributed by atoms with van der Waals surface area (Å²) in [5.41, 5.74) is 1.88. The van der Waals surface area contributed by atoms with Crippen LogP contribution in [0.5, 0.6) is 5.75 Å². The van der Waals surface area contributed by atoms with Crippen molar-refractivity contribution in [3.8, 4) is 5.75 Å². The van der Waals surface area contributed by atoms with Gasteiger partial charge in [-0.05, 0) is 52.1 Å². The lowest BCUT2D eigenvalue weighted by molar-refractivity contribution is -0.140. The molecule has 26 heavy (non-hydrogen) atoms. The van der Waals surface area contributed by atoms with Crippen LogP contribution in [0.15, 0.2) is 24.4 Å². The third kappa shape index (κ3) is 4.22. The number of nitrogens with one attached hydrogen (secondary N) is 3. The van der Waals surface area contributed by atoms with Gasteiger partial charge in [-0.2, -0.15) is 5.10 Å². The Kier molecular flexibility index (Phi) is 5.56. The summed E-state index contributed by atoms with van der Waals surface area (Å²) in [6, 6.07) is 5.67. The van der Waals surface area contributed by atoms with Gasteiger partial charge in [0.05, 0.1) is 11.4 Å². The number of hydrogen-bond donors (Lipinski definition) is 3. The van der Waals surface area contributed by atoms with E-state index >= 15 is 0 Å². The van der Waals surface area contributed by atoms with Gasteiger partial charge < -0.3 is 15.4 Å². The van der Waals surface area contributed by atoms with E-state index in [0.29, 0.717) is 25.0 Å². The van der Waals surface area contributed by atoms with E-state index in [-0.39, 0.29) is 11.9 Å². The summed E-state index contributed by atoms with van der Waals surface area (Å²) in [7, 11) is 0. The van der Waals surface area contributed by atoms with Crippen LogP contribution < -0.4 is 15.4 Å². The second-order valence-electron chi connectivity index (χ2n) is 7.05. The summed E-state index contributed by atoms with van der Waals surface area (Å²) in [5, 5.41) is 13.6. The van der Waals surface area contributed by atoms with E-state index in [1.165, 1.54) is 0 Å². The van der Waals surface area contributed by atoms with E-state index in [9.17, 15) is 4.79 Å². The molecular formula is C19H27N5O2. The first-order valence-electron chi connectivity index (χ1n) is 9.12. The Balaban J connectivity index is 1.72. The highest BCUT2D eigenvalue weighted by atomic mass is 16.5. The maximum atomic E-state index is 13.1. The minimum atomic E-state index is -0.866. The van der Waals surface area contributed by atoms with E-state index in [0.717, 1.165) is 30.2 Å². The van der Waals surface area contributed by atoms with Gasteiger partial charge in [-0.3, -0.25) is 14.9 Å². The quantitative estimate of drug-likeness (QED) is 0.731. The Morgan fingerprint density at radius 1 is 1.38 bits per heavy atom. The Morgan fingerprint density at radius 2 is 2.15 bits per heavy atom. The van der Waals surface area contributed by atoms with E-state index in [2.05, 4.69) is 25.8 Å². The van der Waals surface area contributed by atoms with Crippen molar-refractivity contribution in [2.24, 2.45) is 0 Å². The molecule has 1 saturated heterocycles. The number of hydrogen-bond acceptors (Lipinski definition) is 5. The van der Waals surface area contributed by atoms with Crippen LogP contribution in [-0.4, -0.2) is 45.8 Å². The summed E-state index contributed by atoms with van der Waals surface area (Å²) in [4.78, 5) is 17.4. The molecule has 2 aromatic heterocycles. The fraction of sp³-hybridized carbons (Fsp3) is 0.526. The molecule has 2 aromatic rings. The van der Waals surface area contributed by atoms with Crippen molar-refractivity contribution in [1.29, 1.82) is 0 Å². The van der Waals surface area contributed by atoms with Crippen LogP contribution in [0.2, 0.25) is 0 Å². The Morgan fingerprint density at radius 3 is 2.81 bits per heavy atom. The average molecular weight is 357 g/mol. The molecule has 3 N–H and O–H groups in total. The molecule has 0 radical (unpaired) electrons. The third-order valence-electron chi connectivity index (χ3n) is 4.74. The molecule has 0 saturated carbocycles. The number of aromatic amines is 1. The molecule has 140 valence electrons. The van der Waals surface area contributed by atoms with Gasteiger partial charge in [-0.15, -0.1) is 0 Å². The Hall–Kier alpha value is -2.41. The molecule has 1 aliphatic rings. The highest BCUT2D eigenvalue weighted by Crippen LogP contribution is 2.28. The molecule has 0 spiro atoms. The highest BCUT2D eigenvalue weighted by molar-refractivity contribution is 5.86. The van der Waals surface area contributed by atoms with E-state index in [4.69, 9.17) is 4.74 Å². The number of H-pyrrole nitrogens is 1. The number of aromatic nitrogens is 3. The molecule has 1 aliphatic heterocycles. The van der Waals surface area contributed by atoms with Gasteiger partial charge in [0.25, 0.3) is 5.91 Å². The number of ether oxygens (including phenoxy) is 1. The van der Waals surface area contributed by atoms with Crippen LogP contribution >= 0.6 is 0 Å². The van der Waals surface area contributed by atoms with Crippen LogP contribution in [0, 0.1) is 13.8 Å². The smallest absolute Gasteiger partial charge is 0.264 e. The van der Waals surface area contributed by atoms with Crippen molar-refractivity contribution in [2.45, 2.75) is 51.7 Å². The van der Waals surface area contributed by atoms with Gasteiger partial charge in [-0.25, -0.2) is 0 Å². The lowest BCUT2D eigenvalue weighted by Gasteiger charge is -2.37. The molecule has 0 bridgehead atoms. The van der Waals surface area contributed by atoms with Gasteiger partial charge in [0.2, 0.25) is 0 Å². The number of amides is 1. The van der Waals surface area contributed by atoms with Crippen LogP contribution in [0.1, 0.15) is 36.8 Å². The summed E-state index contributed by atoms with van der Waals surface area (Å²) in [6.45, 7) is 7.35. The van der Waals surface area contributed by atoms with Crippen molar-refractivity contribution in [1.82, 2.24) is 25.8 Å². The van der Waals surface area contributed by atoms with Crippen molar-refractivity contribution in [3.63, 3.8) is 0 Å². The van der Waals surface area contributed by atoms with Gasteiger partial charge in [0.1, 0.15) is 5.75 Å². The number of rotatable bonds is 6. The molecule has 3 rings (SSSR count). The molecule has 1 amide bonds. The van der Waals surface area contributed by atoms with Crippen LogP contribution in [0.4, 0.5) is 0 Å². The van der Waals surface area contributed by atoms with Gasteiger partial charge in [0, 0.05) is 37.2 Å². The fourth-order valence-electron chi connectivity index (χ4n) is 3.29. The zero-order valence-electron chi connectivity index (χ0n) is 15.6. The molecule has 0 unspecified atom stereocenters. The summed E-state index contributed by atoms with van der Waals surface area (Å²) >= 11 is 0. The second-order valence-corrected chi connectivity index (χ2v) is 7.05. The number of pyridine rings is 1. The summed E-state index contributed by atoms with van der Waals surface area (Å²) in [5.74, 6) is 0.599. The van der Waals surface area contributed by atoms with Crippen molar-refractivity contribution >= 4 is 5.91 Å². The first-order chi connectivity index (χ1) is 12.5. The van der Waals surface area contributed by atoms with Gasteiger partial charge in [0.15, 0.2) is 5.60 Å². The first kappa shape index (κ1) is 18.4. The lowest BCUT2D eigenvalue weighted by atomic mass is 9.90. The SMILES string of the molecule is Cc1cc(C[C@@H](C)NC(=O)C2(Oc3cccnc3C)CCNCC2)n[nH]1. The molecule has 7 heteroatoms. The molecule has 3 heterocycles. The largest absolute Gasteiger partial charge is 0.475 e. The molecule has 0 aliphatic carbocycles. The monoisotopic (exact) mass is 357 g/mol. The molecular weight excluding hydrogens is 330 g/mol. The molecule has 1 atom stereocenters. The molecule has 1 fully saturated rings. The van der Waals surface area contributed by atoms with Crippen molar-refractivity contribution in [2.75, 3.05) is 13.1 Å². The minimum absolute atomic E-state index is 0.0319. The highest BCUT2D eigenvalue weighted by Gasteiger charge is 2.42. The maximum absolute atomic E-state index is 13.1. The number of aryl methyl sites for hydroxylation is 2. The van der Waals surface area contributed by atoms with Gasteiger partial charge in [-0.1, -0.05) is 0 Å². The van der Waals surface area contributed by atoms with E-state index < -0.39 is 5.60 Å². The van der Waals surface area contributed by atoms with Gasteiger partial charge >= 0.3 is 0 Å². The third-order valence-corrected chi connectivity index (χ3v) is 4.74. The van der Waals surface area contributed by atoms with Crippen LogP contribution in [0.3, 0.4) is 0 Å². The normalized spacial score (nSPS) is 17.5. The van der Waals surface area contributed by atoms with E-state index in [1.54, 1.807) is 6.20 Å². The van der Waals surface area contributed by atoms with Crippen molar-refractivity contribution in [3.05, 3.63) is 41.5 Å². The fourth-order valence-corrected chi connectivity index (χ4v) is 3.29. The van der Waals surface area contributed by atoms with E-state index in [1.807, 2.05) is 39.0 Å². The number of carbonyl (C=O) groups excluding carboxylic acids is 1.